The van der Waals surface area contributed by atoms with Gasteiger partial charge in [0, 0.05) is 13.1 Å². The summed E-state index contributed by atoms with van der Waals surface area (Å²) in [6.45, 7) is 2.15. The van der Waals surface area contributed by atoms with Crippen LogP contribution in [0.5, 0.6) is 0 Å². The van der Waals surface area contributed by atoms with Crippen molar-refractivity contribution in [2.45, 2.75) is 25.2 Å². The van der Waals surface area contributed by atoms with Crippen LogP contribution in [-0.2, 0) is 4.79 Å². The predicted molar refractivity (Wildman–Crippen MR) is 73.0 cm³/mol. The summed E-state index contributed by atoms with van der Waals surface area (Å²) in [5.41, 5.74) is 1.74. The first-order valence-electron chi connectivity index (χ1n) is 6.64. The average molecular weight is 275 g/mol. The monoisotopic (exact) mass is 275 g/mol. The zero-order chi connectivity index (χ0) is 14.3. The Kier molecular flexibility index (Phi) is 3.19. The normalized spacial score (nSPS) is 24.2. The third-order valence-corrected chi connectivity index (χ3v) is 3.83. The van der Waals surface area contributed by atoms with Crippen molar-refractivity contribution in [2.75, 3.05) is 13.1 Å². The highest BCUT2D eigenvalue weighted by Gasteiger charge is 2.34. The van der Waals surface area contributed by atoms with Crippen LogP contribution in [0.1, 0.15) is 13.0 Å². The van der Waals surface area contributed by atoms with Crippen LogP contribution < -0.4 is 0 Å². The van der Waals surface area contributed by atoms with Crippen molar-refractivity contribution >= 4 is 16.9 Å². The molecule has 1 fully saturated rings. The van der Waals surface area contributed by atoms with E-state index >= 15 is 0 Å². The molecule has 2 heterocycles. The van der Waals surface area contributed by atoms with Gasteiger partial charge in [-0.1, -0.05) is 12.1 Å². The fourth-order valence-corrected chi connectivity index (χ4v) is 2.62. The highest BCUT2D eigenvalue weighted by Crippen LogP contribution is 2.21. The second-order valence-electron chi connectivity index (χ2n) is 5.19. The molecule has 0 aliphatic carbocycles. The van der Waals surface area contributed by atoms with Crippen molar-refractivity contribution < 1.29 is 15.0 Å². The largest absolute Gasteiger partial charge is 0.388 e. The van der Waals surface area contributed by atoms with Gasteiger partial charge in [0.1, 0.15) is 6.04 Å². The molecule has 0 bridgehead atoms. The fourth-order valence-electron chi connectivity index (χ4n) is 2.62. The number of aliphatic hydroxyl groups excluding tert-OH is 2. The van der Waals surface area contributed by atoms with Gasteiger partial charge in [-0.25, -0.2) is 4.98 Å². The van der Waals surface area contributed by atoms with E-state index in [1.165, 1.54) is 4.90 Å². The van der Waals surface area contributed by atoms with Crippen molar-refractivity contribution in [3.8, 4) is 0 Å². The van der Waals surface area contributed by atoms with Crippen LogP contribution in [0.2, 0.25) is 0 Å². The molecule has 0 saturated carbocycles. The van der Waals surface area contributed by atoms with Crippen LogP contribution >= 0.6 is 0 Å². The van der Waals surface area contributed by atoms with Gasteiger partial charge in [-0.05, 0) is 19.1 Å². The molecule has 1 saturated heterocycles. The molecule has 0 radical (unpaired) electrons. The number of imidazole rings is 1. The number of rotatable bonds is 2. The first-order chi connectivity index (χ1) is 9.58. The number of β-amino-alcohol motifs (C(OH)–C–C–N with tert-alkyl or cyclic N) is 2. The Balaban J connectivity index is 1.85. The maximum Gasteiger partial charge on any atom is 0.245 e. The maximum atomic E-state index is 12.4. The maximum absolute atomic E-state index is 12.4. The van der Waals surface area contributed by atoms with Crippen molar-refractivity contribution in [1.82, 2.24) is 14.5 Å². The minimum atomic E-state index is -0.856. The highest BCUT2D eigenvalue weighted by atomic mass is 16.3. The van der Waals surface area contributed by atoms with E-state index in [0.29, 0.717) is 0 Å². The third kappa shape index (κ3) is 2.07. The van der Waals surface area contributed by atoms with Gasteiger partial charge in [0.25, 0.3) is 0 Å². The Morgan fingerprint density at radius 2 is 1.95 bits per heavy atom. The number of hydrogen-bond acceptors (Lipinski definition) is 4. The second kappa shape index (κ2) is 4.88. The van der Waals surface area contributed by atoms with Gasteiger partial charge >= 0.3 is 0 Å². The van der Waals surface area contributed by atoms with E-state index in [4.69, 9.17) is 0 Å². The minimum Gasteiger partial charge on any atom is -0.388 e. The second-order valence-corrected chi connectivity index (χ2v) is 5.19. The molecule has 0 spiro atoms. The number of fused-ring (bicyclic) bond motifs is 1. The molecule has 2 aromatic rings. The Morgan fingerprint density at radius 3 is 2.65 bits per heavy atom. The van der Waals surface area contributed by atoms with Gasteiger partial charge in [0.15, 0.2) is 0 Å². The lowest BCUT2D eigenvalue weighted by Gasteiger charge is -2.21. The first kappa shape index (κ1) is 13.1. The van der Waals surface area contributed by atoms with E-state index in [1.807, 2.05) is 28.8 Å². The van der Waals surface area contributed by atoms with E-state index in [-0.39, 0.29) is 19.0 Å². The van der Waals surface area contributed by atoms with Gasteiger partial charge in [0.05, 0.1) is 29.6 Å². The summed E-state index contributed by atoms with van der Waals surface area (Å²) in [5, 5.41) is 19.1. The van der Waals surface area contributed by atoms with E-state index < -0.39 is 18.2 Å². The summed E-state index contributed by atoms with van der Waals surface area (Å²) in [7, 11) is 0. The minimum absolute atomic E-state index is 0.122. The quantitative estimate of drug-likeness (QED) is 0.818. The molecule has 1 aliphatic heterocycles. The molecule has 1 aromatic carbocycles. The number of aliphatic hydroxyl groups is 2. The molecular weight excluding hydrogens is 258 g/mol. The first-order valence-corrected chi connectivity index (χ1v) is 6.64. The number of aromatic nitrogens is 2. The van der Waals surface area contributed by atoms with Crippen LogP contribution in [0, 0.1) is 0 Å². The molecule has 1 aliphatic rings. The number of benzene rings is 1. The highest BCUT2D eigenvalue weighted by molar-refractivity contribution is 5.84. The summed E-state index contributed by atoms with van der Waals surface area (Å²) in [6, 6.07) is 7.20. The molecular formula is C14H17N3O3. The summed E-state index contributed by atoms with van der Waals surface area (Å²) in [6.07, 6.45) is -0.0627. The number of carbonyl (C=O) groups excluding carboxylic acids is 1. The van der Waals surface area contributed by atoms with Crippen LogP contribution in [0.4, 0.5) is 0 Å². The molecule has 1 amide bonds. The lowest BCUT2D eigenvalue weighted by molar-refractivity contribution is -0.133. The molecule has 1 unspecified atom stereocenters. The van der Waals surface area contributed by atoms with E-state index in [2.05, 4.69) is 4.98 Å². The van der Waals surface area contributed by atoms with Crippen molar-refractivity contribution in [3.05, 3.63) is 30.6 Å². The standard InChI is InChI=1S/C14H17N3O3/c1-9(14(20)16-6-12(18)13(19)7-16)17-8-15-10-4-2-3-5-11(10)17/h2-5,8-9,12-13,18-19H,6-7H2,1H3/t9?,12-,13+. The average Bonchev–Trinajstić information content (AvgIpc) is 3.02. The number of carbonyl (C=O) groups is 1. The van der Waals surface area contributed by atoms with E-state index in [9.17, 15) is 15.0 Å². The molecule has 2 N–H and O–H groups in total. The zero-order valence-corrected chi connectivity index (χ0v) is 11.2. The van der Waals surface area contributed by atoms with Crippen molar-refractivity contribution in [2.24, 2.45) is 0 Å². The van der Waals surface area contributed by atoms with Gasteiger partial charge in [-0.2, -0.15) is 0 Å². The predicted octanol–water partition coefficient (Wildman–Crippen LogP) is 0.161. The Hall–Kier alpha value is -1.92. The van der Waals surface area contributed by atoms with Gasteiger partial charge in [-0.3, -0.25) is 4.79 Å². The third-order valence-electron chi connectivity index (χ3n) is 3.83. The van der Waals surface area contributed by atoms with Crippen LogP contribution in [0.3, 0.4) is 0 Å². The number of nitrogens with zero attached hydrogens (tertiary/aromatic N) is 3. The summed E-state index contributed by atoms with van der Waals surface area (Å²) in [4.78, 5) is 18.2. The molecule has 1 aromatic heterocycles. The van der Waals surface area contributed by atoms with E-state index in [0.717, 1.165) is 11.0 Å². The van der Waals surface area contributed by atoms with Crippen molar-refractivity contribution in [3.63, 3.8) is 0 Å². The summed E-state index contributed by atoms with van der Waals surface area (Å²) < 4.78 is 1.81. The van der Waals surface area contributed by atoms with E-state index in [1.54, 1.807) is 13.3 Å². The SMILES string of the molecule is CC(C(=O)N1C[C@@H](O)[C@@H](O)C1)n1cnc2ccccc21. The molecule has 20 heavy (non-hydrogen) atoms. The van der Waals surface area contributed by atoms with Gasteiger partial charge in [0.2, 0.25) is 5.91 Å². The molecule has 106 valence electrons. The zero-order valence-electron chi connectivity index (χ0n) is 11.2. The fraction of sp³-hybridized carbons (Fsp3) is 0.429. The lowest BCUT2D eigenvalue weighted by atomic mass is 10.2. The van der Waals surface area contributed by atoms with Gasteiger partial charge < -0.3 is 19.7 Å². The van der Waals surface area contributed by atoms with Gasteiger partial charge in [-0.15, -0.1) is 0 Å². The smallest absolute Gasteiger partial charge is 0.245 e. The lowest BCUT2D eigenvalue weighted by Crippen LogP contribution is -2.35. The molecule has 6 nitrogen and oxygen atoms in total. The number of para-hydroxylation sites is 2. The van der Waals surface area contributed by atoms with Crippen LogP contribution in [0.15, 0.2) is 30.6 Å². The summed E-state index contributed by atoms with van der Waals surface area (Å²) >= 11 is 0. The summed E-state index contributed by atoms with van der Waals surface area (Å²) in [5.74, 6) is -0.122. The number of amides is 1. The number of hydrogen-bond donors (Lipinski definition) is 2. The van der Waals surface area contributed by atoms with Crippen LogP contribution in [0.25, 0.3) is 11.0 Å². The Bertz CT molecular complexity index is 629. The van der Waals surface area contributed by atoms with Crippen LogP contribution in [-0.4, -0.2) is 55.9 Å². The Labute approximate surface area is 116 Å². The molecule has 3 atom stereocenters. The molecule has 6 heteroatoms. The topological polar surface area (TPSA) is 78.6 Å². The number of likely N-dealkylation sites (tertiary alicyclic amines) is 1. The molecule has 3 rings (SSSR count). The van der Waals surface area contributed by atoms with Crippen molar-refractivity contribution in [1.29, 1.82) is 0 Å². The Morgan fingerprint density at radius 1 is 1.30 bits per heavy atom.